The van der Waals surface area contributed by atoms with Gasteiger partial charge in [-0.2, -0.15) is 0 Å². The number of hydrogen-bond donors (Lipinski definition) is 2. The quantitative estimate of drug-likeness (QED) is 0.456. The van der Waals surface area contributed by atoms with Gasteiger partial charge < -0.3 is 20.1 Å². The average molecular weight is 453 g/mol. The van der Waals surface area contributed by atoms with Crippen LogP contribution in [0.5, 0.6) is 5.75 Å². The molecule has 0 spiro atoms. The first-order chi connectivity index (χ1) is 15.9. The predicted octanol–water partition coefficient (Wildman–Crippen LogP) is 4.41. The average Bonchev–Trinajstić information content (AvgIpc) is 2.82. The van der Waals surface area contributed by atoms with Crippen molar-refractivity contribution < 1.29 is 14.6 Å². The number of benzene rings is 2. The fourth-order valence-electron chi connectivity index (χ4n) is 4.19. The van der Waals surface area contributed by atoms with Gasteiger partial charge in [-0.3, -0.25) is 4.90 Å². The van der Waals surface area contributed by atoms with Crippen molar-refractivity contribution in [3.63, 3.8) is 0 Å². The van der Waals surface area contributed by atoms with Crippen molar-refractivity contribution >= 4 is 17.6 Å². The van der Waals surface area contributed by atoms with Crippen LogP contribution < -0.4 is 10.1 Å². The molecule has 0 bridgehead atoms. The molecule has 1 heterocycles. The molecule has 0 radical (unpaired) electrons. The first kappa shape index (κ1) is 24.6. The Balaban J connectivity index is 1.74. The Kier molecular flexibility index (Phi) is 8.72. The SMILES string of the molecule is COc1cccc(CN=C(Nc2ccc(C(=O)O)cc2)N2CCN([C@H](C)CC(C)C)CC2)c1. The molecule has 0 aromatic heterocycles. The van der Waals surface area contributed by atoms with Gasteiger partial charge >= 0.3 is 5.97 Å². The number of guanidine groups is 1. The third-order valence-corrected chi connectivity index (χ3v) is 5.98. The predicted molar refractivity (Wildman–Crippen MR) is 133 cm³/mol. The minimum Gasteiger partial charge on any atom is -0.497 e. The van der Waals surface area contributed by atoms with Crippen molar-refractivity contribution in [2.24, 2.45) is 10.9 Å². The highest BCUT2D eigenvalue weighted by Crippen LogP contribution is 2.17. The van der Waals surface area contributed by atoms with Gasteiger partial charge in [-0.25, -0.2) is 9.79 Å². The van der Waals surface area contributed by atoms with E-state index in [2.05, 4.69) is 35.9 Å². The van der Waals surface area contributed by atoms with Crippen molar-refractivity contribution in [1.82, 2.24) is 9.80 Å². The van der Waals surface area contributed by atoms with E-state index >= 15 is 0 Å². The monoisotopic (exact) mass is 452 g/mol. The molecule has 1 aliphatic rings. The van der Waals surface area contributed by atoms with E-state index in [0.717, 1.165) is 49.1 Å². The maximum Gasteiger partial charge on any atom is 0.335 e. The number of piperazine rings is 1. The number of ether oxygens (including phenoxy) is 1. The number of nitrogens with zero attached hydrogens (tertiary/aromatic N) is 3. The summed E-state index contributed by atoms with van der Waals surface area (Å²) in [5, 5.41) is 12.6. The van der Waals surface area contributed by atoms with Crippen molar-refractivity contribution in [2.75, 3.05) is 38.6 Å². The van der Waals surface area contributed by atoms with E-state index in [-0.39, 0.29) is 5.56 Å². The summed E-state index contributed by atoms with van der Waals surface area (Å²) in [6.45, 7) is 11.1. The number of carboxylic acids is 1. The lowest BCUT2D eigenvalue weighted by Crippen LogP contribution is -2.53. The van der Waals surface area contributed by atoms with E-state index < -0.39 is 5.97 Å². The molecule has 3 rings (SSSR count). The zero-order chi connectivity index (χ0) is 23.8. The smallest absolute Gasteiger partial charge is 0.335 e. The van der Waals surface area contributed by atoms with Gasteiger partial charge in [0.15, 0.2) is 5.96 Å². The molecular weight excluding hydrogens is 416 g/mol. The summed E-state index contributed by atoms with van der Waals surface area (Å²) < 4.78 is 5.34. The van der Waals surface area contributed by atoms with E-state index in [1.807, 2.05) is 24.3 Å². The number of nitrogens with one attached hydrogen (secondary N) is 1. The molecule has 2 aromatic rings. The van der Waals surface area contributed by atoms with Gasteiger partial charge in [-0.1, -0.05) is 26.0 Å². The molecule has 1 fully saturated rings. The van der Waals surface area contributed by atoms with E-state index in [1.54, 1.807) is 31.4 Å². The fourth-order valence-corrected chi connectivity index (χ4v) is 4.19. The largest absolute Gasteiger partial charge is 0.497 e. The number of aliphatic imine (C=N–C) groups is 1. The van der Waals surface area contributed by atoms with E-state index in [4.69, 9.17) is 9.73 Å². The summed E-state index contributed by atoms with van der Waals surface area (Å²) in [5.41, 5.74) is 2.15. The van der Waals surface area contributed by atoms with Crippen molar-refractivity contribution in [1.29, 1.82) is 0 Å². The molecule has 7 heteroatoms. The second-order valence-electron chi connectivity index (χ2n) is 9.00. The van der Waals surface area contributed by atoms with Gasteiger partial charge in [-0.05, 0) is 61.2 Å². The zero-order valence-corrected chi connectivity index (χ0v) is 20.1. The normalized spacial score (nSPS) is 16.0. The zero-order valence-electron chi connectivity index (χ0n) is 20.1. The van der Waals surface area contributed by atoms with Crippen LogP contribution in [-0.4, -0.2) is 66.2 Å². The number of rotatable bonds is 8. The number of methoxy groups -OCH3 is 1. The molecule has 178 valence electrons. The molecule has 2 N–H and O–H groups in total. The molecule has 33 heavy (non-hydrogen) atoms. The minimum absolute atomic E-state index is 0.267. The van der Waals surface area contributed by atoms with Gasteiger partial charge in [0, 0.05) is 37.9 Å². The Labute approximate surface area is 197 Å². The lowest BCUT2D eigenvalue weighted by Gasteiger charge is -2.40. The molecule has 7 nitrogen and oxygen atoms in total. The van der Waals surface area contributed by atoms with Crippen molar-refractivity contribution in [2.45, 2.75) is 39.8 Å². The molecule has 1 atom stereocenters. The first-order valence-electron chi connectivity index (χ1n) is 11.6. The highest BCUT2D eigenvalue weighted by atomic mass is 16.5. The first-order valence-corrected chi connectivity index (χ1v) is 11.6. The summed E-state index contributed by atoms with van der Waals surface area (Å²) in [6.07, 6.45) is 1.20. The number of aromatic carboxylic acids is 1. The summed E-state index contributed by atoms with van der Waals surface area (Å²) in [6, 6.07) is 15.3. The Bertz CT molecular complexity index is 935. The molecule has 1 saturated heterocycles. The second-order valence-corrected chi connectivity index (χ2v) is 9.00. The molecule has 0 unspecified atom stereocenters. The van der Waals surface area contributed by atoms with Crippen molar-refractivity contribution in [3.8, 4) is 5.75 Å². The second kappa shape index (κ2) is 11.7. The molecule has 1 aliphatic heterocycles. The van der Waals surface area contributed by atoms with Gasteiger partial charge in [0.2, 0.25) is 0 Å². The van der Waals surface area contributed by atoms with E-state index in [1.165, 1.54) is 6.42 Å². The van der Waals surface area contributed by atoms with Crippen LogP contribution in [0, 0.1) is 5.92 Å². The fraction of sp³-hybridized carbons (Fsp3) is 0.462. The van der Waals surface area contributed by atoms with Gasteiger partial charge in [-0.15, -0.1) is 0 Å². The van der Waals surface area contributed by atoms with Crippen LogP contribution in [-0.2, 0) is 6.54 Å². The maximum atomic E-state index is 11.2. The summed E-state index contributed by atoms with van der Waals surface area (Å²) in [5.74, 6) is 1.37. The topological polar surface area (TPSA) is 77.4 Å². The molecule has 0 aliphatic carbocycles. The van der Waals surface area contributed by atoms with Crippen LogP contribution >= 0.6 is 0 Å². The van der Waals surface area contributed by atoms with Crippen LogP contribution in [0.3, 0.4) is 0 Å². The highest BCUT2D eigenvalue weighted by Gasteiger charge is 2.23. The lowest BCUT2D eigenvalue weighted by atomic mass is 10.0. The lowest BCUT2D eigenvalue weighted by molar-refractivity contribution is 0.0697. The van der Waals surface area contributed by atoms with Crippen molar-refractivity contribution in [3.05, 3.63) is 59.7 Å². The van der Waals surface area contributed by atoms with E-state index in [0.29, 0.717) is 18.5 Å². The third kappa shape index (κ3) is 7.22. The number of hydrogen-bond acceptors (Lipinski definition) is 4. The Morgan fingerprint density at radius 1 is 1.09 bits per heavy atom. The molecular formula is C26H36N4O3. The van der Waals surface area contributed by atoms with Gasteiger partial charge in [0.25, 0.3) is 0 Å². The Morgan fingerprint density at radius 3 is 2.39 bits per heavy atom. The number of carbonyl (C=O) groups is 1. The summed E-state index contributed by atoms with van der Waals surface area (Å²) in [4.78, 5) is 20.9. The van der Waals surface area contributed by atoms with Crippen LogP contribution in [0.4, 0.5) is 5.69 Å². The van der Waals surface area contributed by atoms with E-state index in [9.17, 15) is 9.90 Å². The highest BCUT2D eigenvalue weighted by molar-refractivity contribution is 5.94. The minimum atomic E-state index is -0.930. The van der Waals surface area contributed by atoms with Crippen LogP contribution in [0.15, 0.2) is 53.5 Å². The Morgan fingerprint density at radius 2 is 1.79 bits per heavy atom. The molecule has 0 saturated carbocycles. The van der Waals surface area contributed by atoms with Crippen LogP contribution in [0.1, 0.15) is 43.1 Å². The molecule has 2 aromatic carbocycles. The standard InChI is InChI=1S/C26H36N4O3/c1-19(2)16-20(3)29-12-14-30(15-13-29)26(27-18-21-6-5-7-24(17-21)33-4)28-23-10-8-22(9-11-23)25(31)32/h5-11,17,19-20H,12-16,18H2,1-4H3,(H,27,28)(H,31,32)/t20-/m1/s1. The van der Waals surface area contributed by atoms with Crippen LogP contribution in [0.2, 0.25) is 0 Å². The molecule has 0 amide bonds. The summed E-state index contributed by atoms with van der Waals surface area (Å²) in [7, 11) is 1.66. The summed E-state index contributed by atoms with van der Waals surface area (Å²) >= 11 is 0. The maximum absolute atomic E-state index is 11.2. The number of anilines is 1. The van der Waals surface area contributed by atoms with Gasteiger partial charge in [0.05, 0.1) is 19.2 Å². The van der Waals surface area contributed by atoms with Gasteiger partial charge in [0.1, 0.15) is 5.75 Å². The third-order valence-electron chi connectivity index (χ3n) is 5.98. The number of carboxylic acid groups (broad SMARTS) is 1. The Hall–Kier alpha value is -3.06. The van der Waals surface area contributed by atoms with Crippen LogP contribution in [0.25, 0.3) is 0 Å².